The maximum Gasteiger partial charge on any atom is 0.407 e. The number of carbonyl (C=O) groups excluding carboxylic acids is 2. The number of likely N-dealkylation sites (tertiary alicyclic amines) is 1. The van der Waals surface area contributed by atoms with Gasteiger partial charge in [-0.3, -0.25) is 4.79 Å². The summed E-state index contributed by atoms with van der Waals surface area (Å²) in [5.41, 5.74) is -0.506. The fraction of sp³-hybridized carbons (Fsp3) is 0.682. The van der Waals surface area contributed by atoms with Gasteiger partial charge in [-0.2, -0.15) is 0 Å². The van der Waals surface area contributed by atoms with Crippen molar-refractivity contribution in [2.75, 3.05) is 33.7 Å². The van der Waals surface area contributed by atoms with Gasteiger partial charge >= 0.3 is 6.09 Å². The first-order chi connectivity index (χ1) is 14.6. The Morgan fingerprint density at radius 1 is 1.29 bits per heavy atom. The summed E-state index contributed by atoms with van der Waals surface area (Å²) in [5, 5.41) is 8.57. The van der Waals surface area contributed by atoms with Gasteiger partial charge in [0, 0.05) is 44.0 Å². The zero-order chi connectivity index (χ0) is 22.6. The van der Waals surface area contributed by atoms with Crippen LogP contribution in [0, 0.1) is 11.8 Å². The number of carbonyl (C=O) groups is 2. The summed E-state index contributed by atoms with van der Waals surface area (Å²) in [5.74, 6) is 1.58. The van der Waals surface area contributed by atoms with Crippen molar-refractivity contribution >= 4 is 29.3 Å². The number of aliphatic imine (C=N–C) groups is 1. The number of likely N-dealkylation sites (N-methyl/N-ethyl adjacent to an activating group) is 1. The summed E-state index contributed by atoms with van der Waals surface area (Å²) in [6, 6.07) is 4.22. The van der Waals surface area contributed by atoms with E-state index in [4.69, 9.17) is 4.74 Å². The van der Waals surface area contributed by atoms with Gasteiger partial charge in [-0.1, -0.05) is 6.07 Å². The molecule has 0 bridgehead atoms. The molecular weight excluding hydrogens is 414 g/mol. The van der Waals surface area contributed by atoms with E-state index in [0.717, 1.165) is 31.9 Å². The molecule has 1 saturated carbocycles. The third-order valence-corrected chi connectivity index (χ3v) is 6.60. The van der Waals surface area contributed by atoms with Crippen LogP contribution >= 0.6 is 11.3 Å². The molecule has 3 unspecified atom stereocenters. The molecule has 1 aliphatic carbocycles. The fourth-order valence-corrected chi connectivity index (χ4v) is 4.85. The second-order valence-corrected chi connectivity index (χ2v) is 10.6. The van der Waals surface area contributed by atoms with E-state index in [9.17, 15) is 9.59 Å². The lowest BCUT2D eigenvalue weighted by Gasteiger charge is -2.26. The molecule has 2 amide bonds. The van der Waals surface area contributed by atoms with E-state index < -0.39 is 5.60 Å². The number of hydrogen-bond acceptors (Lipinski definition) is 5. The first-order valence-electron chi connectivity index (χ1n) is 10.9. The maximum absolute atomic E-state index is 12.3. The smallest absolute Gasteiger partial charge is 0.407 e. The highest BCUT2D eigenvalue weighted by molar-refractivity contribution is 7.09. The van der Waals surface area contributed by atoms with Crippen LogP contribution in [0.3, 0.4) is 0 Å². The lowest BCUT2D eigenvalue weighted by molar-refractivity contribution is -0.127. The van der Waals surface area contributed by atoms with Crippen LogP contribution in [0.4, 0.5) is 4.79 Å². The van der Waals surface area contributed by atoms with Gasteiger partial charge in [0.25, 0.3) is 0 Å². The summed E-state index contributed by atoms with van der Waals surface area (Å²) < 4.78 is 5.45. The Kier molecular flexibility index (Phi) is 7.46. The van der Waals surface area contributed by atoms with Crippen molar-refractivity contribution in [3.05, 3.63) is 22.4 Å². The molecule has 0 aromatic carbocycles. The van der Waals surface area contributed by atoms with Crippen molar-refractivity contribution in [1.29, 1.82) is 0 Å². The Labute approximate surface area is 189 Å². The van der Waals surface area contributed by atoms with E-state index in [0.29, 0.717) is 18.4 Å². The number of alkyl carbamates (subject to hydrolysis) is 1. The molecule has 172 valence electrons. The second-order valence-electron chi connectivity index (χ2n) is 9.52. The normalized spacial score (nSPS) is 23.5. The monoisotopic (exact) mass is 449 g/mol. The molecule has 1 aromatic rings. The average molecular weight is 450 g/mol. The molecule has 31 heavy (non-hydrogen) atoms. The highest BCUT2D eigenvalue weighted by Gasteiger charge is 2.44. The SMILES string of the molecule is CN(C)C(=O)CN=C(NCc1cccs1)N1CC2CCC(NC(=O)OC(C)(C)C)C2C1. The average Bonchev–Trinajstić information content (AvgIpc) is 3.39. The Morgan fingerprint density at radius 2 is 2.06 bits per heavy atom. The van der Waals surface area contributed by atoms with Gasteiger partial charge in [-0.25, -0.2) is 9.79 Å². The van der Waals surface area contributed by atoms with Crippen molar-refractivity contribution < 1.29 is 14.3 Å². The number of nitrogens with one attached hydrogen (secondary N) is 2. The van der Waals surface area contributed by atoms with Crippen LogP contribution in [0.25, 0.3) is 0 Å². The molecule has 1 aromatic heterocycles. The summed E-state index contributed by atoms with van der Waals surface area (Å²) in [7, 11) is 3.48. The van der Waals surface area contributed by atoms with Crippen LogP contribution in [0.15, 0.2) is 22.5 Å². The van der Waals surface area contributed by atoms with E-state index in [-0.39, 0.29) is 24.6 Å². The third kappa shape index (κ3) is 6.59. The zero-order valence-electron chi connectivity index (χ0n) is 19.2. The Hall–Kier alpha value is -2.29. The number of ether oxygens (including phenoxy) is 1. The van der Waals surface area contributed by atoms with Crippen molar-refractivity contribution in [2.45, 2.75) is 51.8 Å². The first-order valence-corrected chi connectivity index (χ1v) is 11.8. The quantitative estimate of drug-likeness (QED) is 0.533. The van der Waals surface area contributed by atoms with E-state index in [2.05, 4.69) is 32.0 Å². The molecule has 2 heterocycles. The Morgan fingerprint density at radius 3 is 2.71 bits per heavy atom. The number of amides is 2. The van der Waals surface area contributed by atoms with E-state index in [1.807, 2.05) is 26.8 Å². The topological polar surface area (TPSA) is 86.3 Å². The van der Waals surface area contributed by atoms with Gasteiger partial charge < -0.3 is 25.2 Å². The third-order valence-electron chi connectivity index (χ3n) is 5.72. The van der Waals surface area contributed by atoms with Crippen LogP contribution in [0.2, 0.25) is 0 Å². The predicted octanol–water partition coefficient (Wildman–Crippen LogP) is 2.52. The molecule has 2 fully saturated rings. The lowest BCUT2D eigenvalue weighted by Crippen LogP contribution is -2.44. The van der Waals surface area contributed by atoms with Crippen molar-refractivity contribution in [3.63, 3.8) is 0 Å². The number of fused-ring (bicyclic) bond motifs is 1. The van der Waals surface area contributed by atoms with Crippen molar-refractivity contribution in [3.8, 4) is 0 Å². The molecule has 0 spiro atoms. The minimum Gasteiger partial charge on any atom is -0.444 e. The fourth-order valence-electron chi connectivity index (χ4n) is 4.21. The first kappa shape index (κ1) is 23.4. The number of guanidine groups is 1. The van der Waals surface area contributed by atoms with Gasteiger partial charge in [-0.15, -0.1) is 11.3 Å². The summed E-state index contributed by atoms with van der Waals surface area (Å²) in [4.78, 5) is 34.0. The molecule has 1 saturated heterocycles. The largest absolute Gasteiger partial charge is 0.444 e. The molecular formula is C22H35N5O3S. The van der Waals surface area contributed by atoms with Gasteiger partial charge in [0.15, 0.2) is 5.96 Å². The molecule has 1 aliphatic heterocycles. The standard InChI is InChI=1S/C22H35N5O3S/c1-22(2,3)30-21(29)25-18-9-8-15-13-27(14-17(15)18)20(24-12-19(28)26(4)5)23-11-16-7-6-10-31-16/h6-7,10,15,17-18H,8-9,11-14H2,1-5H3,(H,23,24)(H,25,29). The van der Waals surface area contributed by atoms with Crippen LogP contribution in [-0.4, -0.2) is 73.1 Å². The number of rotatable bonds is 5. The summed E-state index contributed by atoms with van der Waals surface area (Å²) >= 11 is 1.69. The van der Waals surface area contributed by atoms with E-state index in [1.54, 1.807) is 30.3 Å². The van der Waals surface area contributed by atoms with Gasteiger partial charge in [0.1, 0.15) is 12.1 Å². The van der Waals surface area contributed by atoms with Gasteiger partial charge in [0.2, 0.25) is 5.91 Å². The molecule has 3 rings (SSSR count). The van der Waals surface area contributed by atoms with Crippen molar-refractivity contribution in [2.24, 2.45) is 16.8 Å². The second kappa shape index (κ2) is 9.89. The van der Waals surface area contributed by atoms with Crippen LogP contribution in [-0.2, 0) is 16.1 Å². The van der Waals surface area contributed by atoms with Crippen LogP contribution in [0.5, 0.6) is 0 Å². The molecule has 8 nitrogen and oxygen atoms in total. The lowest BCUT2D eigenvalue weighted by atomic mass is 9.98. The minimum absolute atomic E-state index is 0.0284. The minimum atomic E-state index is -0.506. The Bertz CT molecular complexity index is 788. The van der Waals surface area contributed by atoms with Crippen LogP contribution in [0.1, 0.15) is 38.5 Å². The molecule has 3 atom stereocenters. The number of hydrogen-bond donors (Lipinski definition) is 2. The predicted molar refractivity (Wildman–Crippen MR) is 123 cm³/mol. The number of thiophene rings is 1. The van der Waals surface area contributed by atoms with Crippen molar-refractivity contribution in [1.82, 2.24) is 20.4 Å². The molecule has 2 aliphatic rings. The van der Waals surface area contributed by atoms with E-state index >= 15 is 0 Å². The zero-order valence-corrected chi connectivity index (χ0v) is 20.0. The Balaban J connectivity index is 1.64. The summed E-state index contributed by atoms with van der Waals surface area (Å²) in [6.45, 7) is 8.10. The van der Waals surface area contributed by atoms with Crippen LogP contribution < -0.4 is 10.6 Å². The molecule has 2 N–H and O–H groups in total. The van der Waals surface area contributed by atoms with Gasteiger partial charge in [0.05, 0.1) is 6.54 Å². The maximum atomic E-state index is 12.3. The van der Waals surface area contributed by atoms with Gasteiger partial charge in [-0.05, 0) is 51.0 Å². The summed E-state index contributed by atoms with van der Waals surface area (Å²) in [6.07, 6.45) is 1.69. The highest BCUT2D eigenvalue weighted by atomic mass is 32.1. The highest BCUT2D eigenvalue weighted by Crippen LogP contribution is 2.38. The number of nitrogens with zero attached hydrogens (tertiary/aromatic N) is 3. The van der Waals surface area contributed by atoms with E-state index in [1.165, 1.54) is 4.88 Å². The molecule has 0 radical (unpaired) electrons. The molecule has 9 heteroatoms.